The molecule has 5 nitrogen and oxygen atoms in total. The van der Waals surface area contributed by atoms with Crippen molar-refractivity contribution in [3.8, 4) is 0 Å². The summed E-state index contributed by atoms with van der Waals surface area (Å²) in [6.45, 7) is 1.59. The Labute approximate surface area is 63.5 Å². The highest BCUT2D eigenvalue weighted by Crippen LogP contribution is 2.08. The minimum atomic E-state index is -1.30. The number of hydrogen-bond acceptors (Lipinski definition) is 4. The van der Waals surface area contributed by atoms with Gasteiger partial charge in [0.2, 0.25) is 0 Å². The van der Waals surface area contributed by atoms with Gasteiger partial charge in [0.05, 0.1) is 17.6 Å². The van der Waals surface area contributed by atoms with Crippen LogP contribution < -0.4 is 0 Å². The summed E-state index contributed by atoms with van der Waals surface area (Å²) in [4.78, 5) is 14.2. The summed E-state index contributed by atoms with van der Waals surface area (Å²) < 4.78 is 1.63. The Bertz CT molecular complexity index is 183. The van der Waals surface area contributed by atoms with Crippen molar-refractivity contribution in [2.45, 2.75) is 19.4 Å². The highest BCUT2D eigenvalue weighted by Gasteiger charge is 2.35. The van der Waals surface area contributed by atoms with Crippen molar-refractivity contribution in [1.82, 2.24) is 4.31 Å². The van der Waals surface area contributed by atoms with Gasteiger partial charge in [-0.1, -0.05) is 0 Å². The minimum absolute atomic E-state index is 0.424. The van der Waals surface area contributed by atoms with E-state index in [1.165, 1.54) is 10.6 Å². The number of nitrogens with zero attached hydrogens (tertiary/aromatic N) is 3. The first-order valence-corrected chi connectivity index (χ1v) is 3.12. The van der Waals surface area contributed by atoms with Gasteiger partial charge in [0.1, 0.15) is 6.34 Å². The molecule has 0 aromatic carbocycles. The molecule has 2 atom stereocenters. The third-order valence-electron chi connectivity index (χ3n) is 1.28. The molecule has 1 N–H and O–H groups in total. The van der Waals surface area contributed by atoms with Crippen LogP contribution in [0.25, 0.3) is 0 Å². The number of aliphatic hydroxyl groups is 1. The first-order chi connectivity index (χ1) is 4.63. The molecule has 0 aliphatic carbocycles. The fourth-order valence-corrected chi connectivity index (χ4v) is 0.740. The van der Waals surface area contributed by atoms with Gasteiger partial charge < -0.3 is 5.11 Å². The number of hydrogen-bond donors (Lipinski definition) is 1. The van der Waals surface area contributed by atoms with Crippen LogP contribution in [0.2, 0.25) is 0 Å². The highest BCUT2D eigenvalue weighted by molar-refractivity contribution is 7.78. The molecular formula is C4H7N3O2S+. The second-order valence-corrected chi connectivity index (χ2v) is 2.38. The van der Waals surface area contributed by atoms with E-state index in [-0.39, 0.29) is 0 Å². The summed E-state index contributed by atoms with van der Waals surface area (Å²) in [6, 6.07) is 0. The molecule has 1 rings (SSSR count). The summed E-state index contributed by atoms with van der Waals surface area (Å²) in [5.41, 5.74) is 0. The maximum absolute atomic E-state index is 10.8. The summed E-state index contributed by atoms with van der Waals surface area (Å²) in [5.74, 6) is 0. The second kappa shape index (κ2) is 2.55. The predicted molar refractivity (Wildman–Crippen MR) is 37.0 cm³/mol. The van der Waals surface area contributed by atoms with E-state index in [2.05, 4.69) is 17.8 Å². The van der Waals surface area contributed by atoms with Crippen LogP contribution in [0.15, 0.2) is 4.99 Å². The van der Waals surface area contributed by atoms with Crippen LogP contribution in [-0.4, -0.2) is 33.0 Å². The molecule has 1 aliphatic heterocycles. The van der Waals surface area contributed by atoms with E-state index in [4.69, 9.17) is 5.11 Å². The van der Waals surface area contributed by atoms with Gasteiger partial charge in [-0.05, 0) is 0 Å². The molecule has 1 radical (unpaired) electrons. The van der Waals surface area contributed by atoms with Gasteiger partial charge in [-0.3, -0.25) is 0 Å². The van der Waals surface area contributed by atoms with Crippen LogP contribution in [0.3, 0.4) is 0 Å². The fourth-order valence-electron chi connectivity index (χ4n) is 0.593. The Morgan fingerprint density at radius 1 is 1.90 bits per heavy atom. The molecule has 0 saturated heterocycles. The Balaban J connectivity index is 2.79. The lowest BCUT2D eigenvalue weighted by Crippen LogP contribution is -2.43. The first kappa shape index (κ1) is 7.49. The van der Waals surface area contributed by atoms with Gasteiger partial charge in [0, 0.05) is 11.8 Å². The van der Waals surface area contributed by atoms with Gasteiger partial charge in [0.15, 0.2) is 0 Å². The molecule has 0 saturated carbocycles. The quantitative estimate of drug-likeness (QED) is 0.502. The standard InChI is InChI=1S/C4H7N3O2S/c1-3-6(10)2-5-4(8)7(3)9/h2-4,8H,1H3/q+1. The fraction of sp³-hybridized carbons (Fsp3) is 0.750. The Morgan fingerprint density at radius 3 is 3.00 bits per heavy atom. The zero-order valence-electron chi connectivity index (χ0n) is 5.34. The molecule has 2 unspecified atom stereocenters. The van der Waals surface area contributed by atoms with E-state index >= 15 is 0 Å². The molecule has 0 spiro atoms. The van der Waals surface area contributed by atoms with Crippen molar-refractivity contribution < 1.29 is 9.87 Å². The molecular weight excluding hydrogens is 154 g/mol. The number of nitroso groups, excluding NO2 is 1. The molecule has 0 fully saturated rings. The average Bonchev–Trinajstić information content (AvgIpc) is 1.93. The van der Waals surface area contributed by atoms with Crippen LogP contribution in [-0.2, 0) is 0 Å². The van der Waals surface area contributed by atoms with Gasteiger partial charge in [-0.25, -0.2) is 4.31 Å². The summed E-state index contributed by atoms with van der Waals surface area (Å²) in [6.07, 6.45) is -0.560. The van der Waals surface area contributed by atoms with Gasteiger partial charge in [-0.2, -0.15) is 4.99 Å². The van der Waals surface area contributed by atoms with E-state index in [9.17, 15) is 4.91 Å². The van der Waals surface area contributed by atoms with Crippen molar-refractivity contribution in [2.75, 3.05) is 0 Å². The number of aliphatic hydroxyl groups excluding tert-OH is 1. The van der Waals surface area contributed by atoms with Crippen LogP contribution in [0.4, 0.5) is 0 Å². The molecule has 1 heterocycles. The third-order valence-corrected chi connectivity index (χ3v) is 1.68. The van der Waals surface area contributed by atoms with Crippen molar-refractivity contribution in [1.29, 1.82) is 0 Å². The maximum atomic E-state index is 10.8. The van der Waals surface area contributed by atoms with Crippen molar-refractivity contribution in [2.24, 2.45) is 4.99 Å². The van der Waals surface area contributed by atoms with Gasteiger partial charge in [0.25, 0.3) is 6.17 Å². The number of aliphatic imine (C=N–C) groups is 1. The Hall–Kier alpha value is -0.620. The average molecular weight is 161 g/mol. The molecule has 55 valence electrons. The summed E-state index contributed by atoms with van der Waals surface area (Å²) in [7, 11) is 0. The second-order valence-electron chi connectivity index (χ2n) is 1.96. The van der Waals surface area contributed by atoms with E-state index in [1.54, 1.807) is 6.92 Å². The summed E-state index contributed by atoms with van der Waals surface area (Å²) >= 11 is 4.67. The molecule has 6 heteroatoms. The lowest BCUT2D eigenvalue weighted by molar-refractivity contribution is -0.666. The van der Waals surface area contributed by atoms with Gasteiger partial charge >= 0.3 is 6.35 Å². The van der Waals surface area contributed by atoms with Crippen LogP contribution in [0, 0.1) is 4.91 Å². The van der Waals surface area contributed by atoms with E-state index < -0.39 is 12.5 Å². The third kappa shape index (κ3) is 1.12. The van der Waals surface area contributed by atoms with Crippen molar-refractivity contribution in [3.63, 3.8) is 0 Å². The predicted octanol–water partition coefficient (Wildman–Crippen LogP) is -0.156. The zero-order chi connectivity index (χ0) is 7.72. The maximum Gasteiger partial charge on any atom is 0.408 e. The lowest BCUT2D eigenvalue weighted by Gasteiger charge is -2.16. The van der Waals surface area contributed by atoms with Crippen LogP contribution >= 0.6 is 12.8 Å². The smallest absolute Gasteiger partial charge is 0.314 e. The molecule has 0 amide bonds. The molecule has 1 aliphatic rings. The van der Waals surface area contributed by atoms with Crippen LogP contribution in [0.5, 0.6) is 0 Å². The zero-order valence-corrected chi connectivity index (χ0v) is 6.15. The van der Waals surface area contributed by atoms with E-state index in [0.717, 1.165) is 0 Å². The lowest BCUT2D eigenvalue weighted by atomic mass is 10.5. The molecule has 0 aromatic rings. The summed E-state index contributed by atoms with van der Waals surface area (Å²) in [5, 5.41) is 8.81. The minimum Gasteiger partial charge on any atom is -0.314 e. The molecule has 10 heavy (non-hydrogen) atoms. The SMILES string of the molecule is CC1N([S])C=NC(O)[N+]1=O. The Morgan fingerprint density at radius 2 is 2.50 bits per heavy atom. The monoisotopic (exact) mass is 161 g/mol. The van der Waals surface area contributed by atoms with Crippen molar-refractivity contribution >= 4 is 19.2 Å². The topological polar surface area (TPSA) is 55.9 Å². The van der Waals surface area contributed by atoms with E-state index in [0.29, 0.717) is 4.76 Å². The van der Waals surface area contributed by atoms with E-state index in [1.807, 2.05) is 0 Å². The Kier molecular flexibility index (Phi) is 1.91. The largest absolute Gasteiger partial charge is 0.408 e. The highest BCUT2D eigenvalue weighted by atomic mass is 32.1. The normalized spacial score (nSPS) is 33.1. The van der Waals surface area contributed by atoms with Crippen molar-refractivity contribution in [3.05, 3.63) is 4.91 Å². The number of rotatable bonds is 0. The van der Waals surface area contributed by atoms with Gasteiger partial charge in [-0.15, -0.1) is 0 Å². The molecule has 0 bridgehead atoms. The van der Waals surface area contributed by atoms with Crippen LogP contribution in [0.1, 0.15) is 6.92 Å². The molecule has 0 aromatic heterocycles. The first-order valence-electron chi connectivity index (χ1n) is 2.75.